The monoisotopic (exact) mass is 340 g/mol. The van der Waals surface area contributed by atoms with Gasteiger partial charge in [-0.05, 0) is 37.1 Å². The molecule has 23 heavy (non-hydrogen) atoms. The van der Waals surface area contributed by atoms with Crippen LogP contribution in [0.15, 0.2) is 24.3 Å². The Bertz CT molecular complexity index is 645. The molecule has 7 heteroatoms. The van der Waals surface area contributed by atoms with Gasteiger partial charge in [-0.25, -0.2) is 8.42 Å². The molecule has 0 saturated carbocycles. The number of carbonyl (C=O) groups excluding carboxylic acids is 1. The molecular weight excluding hydrogens is 316 g/mol. The molecule has 0 radical (unpaired) electrons. The summed E-state index contributed by atoms with van der Waals surface area (Å²) < 4.78 is 28.1. The van der Waals surface area contributed by atoms with Crippen molar-refractivity contribution in [2.24, 2.45) is 0 Å². The maximum atomic E-state index is 12.1. The van der Waals surface area contributed by atoms with Crippen molar-refractivity contribution in [1.82, 2.24) is 10.2 Å². The average Bonchev–Trinajstić information content (AvgIpc) is 2.90. The maximum absolute atomic E-state index is 12.1. The minimum Gasteiger partial charge on any atom is -0.497 e. The van der Waals surface area contributed by atoms with E-state index in [2.05, 4.69) is 5.32 Å². The molecule has 1 aliphatic rings. The van der Waals surface area contributed by atoms with E-state index in [1.54, 1.807) is 19.1 Å². The number of carbonyl (C=O) groups is 1. The van der Waals surface area contributed by atoms with Gasteiger partial charge in [0.1, 0.15) is 5.75 Å². The molecule has 128 valence electrons. The highest BCUT2D eigenvalue weighted by molar-refractivity contribution is 7.91. The van der Waals surface area contributed by atoms with Gasteiger partial charge in [0.25, 0.3) is 0 Å². The zero-order valence-electron chi connectivity index (χ0n) is 13.6. The molecule has 1 unspecified atom stereocenters. The third kappa shape index (κ3) is 5.21. The van der Waals surface area contributed by atoms with Crippen molar-refractivity contribution in [2.45, 2.75) is 18.9 Å². The summed E-state index contributed by atoms with van der Waals surface area (Å²) in [6.45, 7) is 0.896. The first-order chi connectivity index (χ1) is 10.9. The number of ether oxygens (including phenoxy) is 1. The van der Waals surface area contributed by atoms with Crippen LogP contribution in [0.1, 0.15) is 12.0 Å². The average molecular weight is 340 g/mol. The van der Waals surface area contributed by atoms with Crippen molar-refractivity contribution in [2.75, 3.05) is 38.8 Å². The number of nitrogens with zero attached hydrogens (tertiary/aromatic N) is 1. The molecule has 1 aliphatic heterocycles. The summed E-state index contributed by atoms with van der Waals surface area (Å²) in [4.78, 5) is 13.7. The molecule has 0 bridgehead atoms. The molecule has 0 spiro atoms. The van der Waals surface area contributed by atoms with Crippen LogP contribution in [0, 0.1) is 0 Å². The maximum Gasteiger partial charge on any atom is 0.236 e. The van der Waals surface area contributed by atoms with Gasteiger partial charge >= 0.3 is 0 Å². The number of rotatable bonds is 7. The standard InChI is InChI=1S/C16H24N2O4S/c1-18(14-7-9-23(20,21)12-14)16(19)11-17-8-6-13-4-3-5-15(10-13)22-2/h3-5,10,14,17H,6-9,11-12H2,1-2H3. The smallest absolute Gasteiger partial charge is 0.236 e. The number of amides is 1. The summed E-state index contributed by atoms with van der Waals surface area (Å²) in [5.41, 5.74) is 1.14. The molecule has 2 rings (SSSR count). The fourth-order valence-electron chi connectivity index (χ4n) is 2.67. The number of hydrogen-bond acceptors (Lipinski definition) is 5. The Morgan fingerprint density at radius 1 is 1.43 bits per heavy atom. The van der Waals surface area contributed by atoms with Gasteiger partial charge in [-0.2, -0.15) is 0 Å². The number of likely N-dealkylation sites (N-methyl/N-ethyl adjacent to an activating group) is 1. The van der Waals surface area contributed by atoms with Crippen LogP contribution in [0.3, 0.4) is 0 Å². The summed E-state index contributed by atoms with van der Waals surface area (Å²) >= 11 is 0. The molecule has 1 amide bonds. The fraction of sp³-hybridized carbons (Fsp3) is 0.562. The van der Waals surface area contributed by atoms with Gasteiger partial charge in [0, 0.05) is 13.1 Å². The van der Waals surface area contributed by atoms with Crippen LogP contribution in [0.2, 0.25) is 0 Å². The molecule has 1 atom stereocenters. The van der Waals surface area contributed by atoms with E-state index in [9.17, 15) is 13.2 Å². The van der Waals surface area contributed by atoms with Gasteiger partial charge in [-0.15, -0.1) is 0 Å². The first-order valence-electron chi connectivity index (χ1n) is 7.71. The zero-order valence-corrected chi connectivity index (χ0v) is 14.4. The predicted molar refractivity (Wildman–Crippen MR) is 89.4 cm³/mol. The van der Waals surface area contributed by atoms with Crippen LogP contribution in [0.5, 0.6) is 5.75 Å². The number of benzene rings is 1. The van der Waals surface area contributed by atoms with Gasteiger partial charge < -0.3 is 15.0 Å². The minimum absolute atomic E-state index is 0.0715. The van der Waals surface area contributed by atoms with Gasteiger partial charge in [-0.1, -0.05) is 12.1 Å². The summed E-state index contributed by atoms with van der Waals surface area (Å²) in [6, 6.07) is 7.63. The van der Waals surface area contributed by atoms with Gasteiger partial charge in [-0.3, -0.25) is 4.79 Å². The van der Waals surface area contributed by atoms with Crippen molar-refractivity contribution < 1.29 is 17.9 Å². The van der Waals surface area contributed by atoms with Crippen LogP contribution in [-0.4, -0.2) is 64.0 Å². The Morgan fingerprint density at radius 2 is 2.22 bits per heavy atom. The molecule has 1 saturated heterocycles. The number of methoxy groups -OCH3 is 1. The largest absolute Gasteiger partial charge is 0.497 e. The summed E-state index contributed by atoms with van der Waals surface area (Å²) in [6.07, 6.45) is 1.33. The summed E-state index contributed by atoms with van der Waals surface area (Å²) in [5, 5.41) is 3.11. The summed E-state index contributed by atoms with van der Waals surface area (Å²) in [7, 11) is 0.344. The highest BCUT2D eigenvalue weighted by Gasteiger charge is 2.32. The van der Waals surface area contributed by atoms with Crippen molar-refractivity contribution in [3.05, 3.63) is 29.8 Å². The van der Waals surface area contributed by atoms with Gasteiger partial charge in [0.05, 0.1) is 25.2 Å². The van der Waals surface area contributed by atoms with Crippen LogP contribution in [0.25, 0.3) is 0 Å². The van der Waals surface area contributed by atoms with E-state index in [1.807, 2.05) is 24.3 Å². The van der Waals surface area contributed by atoms with Crippen LogP contribution in [-0.2, 0) is 21.1 Å². The van der Waals surface area contributed by atoms with E-state index >= 15 is 0 Å². The predicted octanol–water partition coefficient (Wildman–Crippen LogP) is 0.473. The Balaban J connectivity index is 1.72. The van der Waals surface area contributed by atoms with E-state index in [0.29, 0.717) is 13.0 Å². The minimum atomic E-state index is -2.97. The topological polar surface area (TPSA) is 75.7 Å². The van der Waals surface area contributed by atoms with Crippen molar-refractivity contribution in [3.63, 3.8) is 0 Å². The third-order valence-corrected chi connectivity index (χ3v) is 5.90. The molecule has 1 aromatic rings. The fourth-order valence-corrected chi connectivity index (χ4v) is 4.44. The van der Waals surface area contributed by atoms with Crippen molar-refractivity contribution in [1.29, 1.82) is 0 Å². The van der Waals surface area contributed by atoms with Crippen molar-refractivity contribution in [3.8, 4) is 5.75 Å². The third-order valence-electron chi connectivity index (χ3n) is 4.15. The number of sulfone groups is 1. The Kier molecular flexibility index (Phi) is 6.01. The lowest BCUT2D eigenvalue weighted by Crippen LogP contribution is -2.42. The highest BCUT2D eigenvalue weighted by atomic mass is 32.2. The molecule has 1 fully saturated rings. The quantitative estimate of drug-likeness (QED) is 0.731. The van der Waals surface area contributed by atoms with E-state index in [1.165, 1.54) is 0 Å². The normalized spacial score (nSPS) is 19.5. The molecule has 6 nitrogen and oxygen atoms in total. The van der Waals surface area contributed by atoms with Gasteiger partial charge in [0.15, 0.2) is 9.84 Å². The van der Waals surface area contributed by atoms with E-state index in [4.69, 9.17) is 4.74 Å². The molecule has 0 aromatic heterocycles. The SMILES string of the molecule is COc1cccc(CCNCC(=O)N(C)C2CCS(=O)(=O)C2)c1. The molecule has 1 N–H and O–H groups in total. The van der Waals surface area contributed by atoms with E-state index in [0.717, 1.165) is 17.7 Å². The molecule has 0 aliphatic carbocycles. The van der Waals surface area contributed by atoms with E-state index in [-0.39, 0.29) is 30.0 Å². The molecule has 1 aromatic carbocycles. The second kappa shape index (κ2) is 7.79. The highest BCUT2D eigenvalue weighted by Crippen LogP contribution is 2.16. The summed E-state index contributed by atoms with van der Waals surface area (Å²) in [5.74, 6) is 1.01. The lowest BCUT2D eigenvalue weighted by Gasteiger charge is -2.23. The molecule has 1 heterocycles. The molecular formula is C16H24N2O4S. The Labute approximate surface area is 137 Å². The lowest BCUT2D eigenvalue weighted by molar-refractivity contribution is -0.130. The number of hydrogen-bond donors (Lipinski definition) is 1. The number of nitrogens with one attached hydrogen (secondary N) is 1. The first kappa shape index (κ1) is 17.7. The van der Waals surface area contributed by atoms with Crippen LogP contribution < -0.4 is 10.1 Å². The Hall–Kier alpha value is -1.60. The van der Waals surface area contributed by atoms with E-state index < -0.39 is 9.84 Å². The first-order valence-corrected chi connectivity index (χ1v) is 9.53. The van der Waals surface area contributed by atoms with Gasteiger partial charge in [0.2, 0.25) is 5.91 Å². The lowest BCUT2D eigenvalue weighted by atomic mass is 10.1. The Morgan fingerprint density at radius 3 is 2.87 bits per heavy atom. The van der Waals surface area contributed by atoms with Crippen molar-refractivity contribution >= 4 is 15.7 Å². The van der Waals surface area contributed by atoms with Crippen LogP contribution >= 0.6 is 0 Å². The second-order valence-electron chi connectivity index (χ2n) is 5.84. The van der Waals surface area contributed by atoms with Crippen LogP contribution in [0.4, 0.5) is 0 Å². The second-order valence-corrected chi connectivity index (χ2v) is 8.07. The zero-order chi connectivity index (χ0) is 16.9.